The lowest BCUT2D eigenvalue weighted by atomic mass is 9.93. The molecule has 0 saturated carbocycles. The van der Waals surface area contributed by atoms with Crippen LogP contribution >= 0.6 is 11.3 Å². The molecule has 31 heavy (non-hydrogen) atoms. The molecule has 2 aromatic heterocycles. The number of hydrogen-bond acceptors (Lipinski definition) is 4. The molecule has 0 bridgehead atoms. The van der Waals surface area contributed by atoms with Gasteiger partial charge in [0, 0.05) is 18.0 Å². The first kappa shape index (κ1) is 20.4. The van der Waals surface area contributed by atoms with E-state index < -0.39 is 0 Å². The van der Waals surface area contributed by atoms with E-state index in [1.165, 1.54) is 36.0 Å². The van der Waals surface area contributed by atoms with E-state index >= 15 is 0 Å². The van der Waals surface area contributed by atoms with E-state index in [4.69, 9.17) is 4.98 Å². The van der Waals surface area contributed by atoms with Gasteiger partial charge in [0.2, 0.25) is 0 Å². The van der Waals surface area contributed by atoms with Crippen LogP contribution < -0.4 is 5.56 Å². The molecule has 1 saturated heterocycles. The SMILES string of the molecule is Cc1cc2nc(C3=CC=C(c4ccccc4)CC3)n(CCN3CCCCC3)c(=O)c2s1. The summed E-state index contributed by atoms with van der Waals surface area (Å²) in [6.45, 7) is 5.97. The number of hydrogen-bond donors (Lipinski definition) is 0. The summed E-state index contributed by atoms with van der Waals surface area (Å²) in [4.78, 5) is 22.1. The Morgan fingerprint density at radius 3 is 2.45 bits per heavy atom. The molecule has 1 fully saturated rings. The predicted molar refractivity (Wildman–Crippen MR) is 131 cm³/mol. The predicted octanol–water partition coefficient (Wildman–Crippen LogP) is 5.51. The number of benzene rings is 1. The van der Waals surface area contributed by atoms with Gasteiger partial charge in [0.1, 0.15) is 10.5 Å². The zero-order valence-corrected chi connectivity index (χ0v) is 19.0. The van der Waals surface area contributed by atoms with Gasteiger partial charge in [-0.25, -0.2) is 4.98 Å². The fraction of sp³-hybridized carbons (Fsp3) is 0.385. The van der Waals surface area contributed by atoms with E-state index in [2.05, 4.69) is 60.4 Å². The Bertz CT molecular complexity index is 1200. The highest BCUT2D eigenvalue weighted by Gasteiger charge is 2.19. The Kier molecular flexibility index (Phi) is 5.88. The molecule has 0 spiro atoms. The molecule has 1 aliphatic carbocycles. The highest BCUT2D eigenvalue weighted by Crippen LogP contribution is 2.32. The van der Waals surface area contributed by atoms with Crippen LogP contribution in [0.2, 0.25) is 0 Å². The van der Waals surface area contributed by atoms with Crippen molar-refractivity contribution in [2.45, 2.75) is 45.6 Å². The molecule has 0 unspecified atom stereocenters. The highest BCUT2D eigenvalue weighted by molar-refractivity contribution is 7.18. The van der Waals surface area contributed by atoms with Crippen LogP contribution in [0.25, 0.3) is 21.4 Å². The zero-order valence-electron chi connectivity index (χ0n) is 18.1. The van der Waals surface area contributed by atoms with Crippen molar-refractivity contribution in [2.75, 3.05) is 19.6 Å². The summed E-state index contributed by atoms with van der Waals surface area (Å²) in [6, 6.07) is 12.6. The third-order valence-corrected chi connectivity index (χ3v) is 7.45. The van der Waals surface area contributed by atoms with Crippen LogP contribution in [0.1, 0.15) is 48.4 Å². The molecular weight excluding hydrogens is 402 g/mol. The summed E-state index contributed by atoms with van der Waals surface area (Å²) in [7, 11) is 0. The van der Waals surface area contributed by atoms with Gasteiger partial charge in [0.05, 0.1) is 5.52 Å². The minimum atomic E-state index is 0.119. The number of piperidine rings is 1. The van der Waals surface area contributed by atoms with Gasteiger partial charge >= 0.3 is 0 Å². The van der Waals surface area contributed by atoms with Crippen LogP contribution in [-0.4, -0.2) is 34.1 Å². The number of fused-ring (bicyclic) bond motifs is 1. The van der Waals surface area contributed by atoms with Crippen LogP contribution in [-0.2, 0) is 6.54 Å². The van der Waals surface area contributed by atoms with E-state index in [0.717, 1.165) is 53.4 Å². The lowest BCUT2D eigenvalue weighted by Gasteiger charge is -2.27. The maximum absolute atomic E-state index is 13.4. The first-order valence-corrected chi connectivity index (χ1v) is 12.2. The Balaban J connectivity index is 1.51. The highest BCUT2D eigenvalue weighted by atomic mass is 32.1. The van der Waals surface area contributed by atoms with Gasteiger partial charge < -0.3 is 4.90 Å². The lowest BCUT2D eigenvalue weighted by molar-refractivity contribution is 0.219. The number of aromatic nitrogens is 2. The van der Waals surface area contributed by atoms with E-state index in [9.17, 15) is 4.79 Å². The van der Waals surface area contributed by atoms with Crippen molar-refractivity contribution in [3.05, 3.63) is 75.2 Å². The fourth-order valence-corrected chi connectivity index (χ4v) is 5.62. The Morgan fingerprint density at radius 2 is 1.71 bits per heavy atom. The maximum Gasteiger partial charge on any atom is 0.271 e. The zero-order chi connectivity index (χ0) is 21.2. The molecule has 1 aromatic carbocycles. The number of allylic oxidation sites excluding steroid dienone is 4. The van der Waals surface area contributed by atoms with Gasteiger partial charge in [-0.2, -0.15) is 0 Å². The summed E-state index contributed by atoms with van der Waals surface area (Å²) < 4.78 is 2.73. The average Bonchev–Trinajstić information content (AvgIpc) is 3.20. The number of thiophene rings is 1. The van der Waals surface area contributed by atoms with Gasteiger partial charge in [-0.05, 0) is 68.5 Å². The van der Waals surface area contributed by atoms with E-state index in [-0.39, 0.29) is 5.56 Å². The average molecular weight is 432 g/mol. The van der Waals surface area contributed by atoms with Gasteiger partial charge in [-0.3, -0.25) is 9.36 Å². The largest absolute Gasteiger partial charge is 0.302 e. The fourth-order valence-electron chi connectivity index (χ4n) is 4.72. The Hall–Kier alpha value is -2.50. The molecule has 0 atom stereocenters. The van der Waals surface area contributed by atoms with Gasteiger partial charge in [0.25, 0.3) is 5.56 Å². The molecule has 5 rings (SSSR count). The third kappa shape index (κ3) is 4.30. The van der Waals surface area contributed by atoms with Crippen LogP contribution in [0.5, 0.6) is 0 Å². The topological polar surface area (TPSA) is 38.1 Å². The molecule has 0 amide bonds. The summed E-state index contributed by atoms with van der Waals surface area (Å²) in [5.74, 6) is 0.857. The monoisotopic (exact) mass is 431 g/mol. The van der Waals surface area contributed by atoms with Crippen molar-refractivity contribution < 1.29 is 0 Å². The van der Waals surface area contributed by atoms with Crippen molar-refractivity contribution in [3.8, 4) is 0 Å². The molecule has 4 nitrogen and oxygen atoms in total. The molecule has 0 radical (unpaired) electrons. The second-order valence-electron chi connectivity index (χ2n) is 8.62. The molecule has 0 N–H and O–H groups in total. The maximum atomic E-state index is 13.4. The molecule has 2 aliphatic rings. The quantitative estimate of drug-likeness (QED) is 0.534. The first-order chi connectivity index (χ1) is 15.2. The molecule has 1 aliphatic heterocycles. The smallest absolute Gasteiger partial charge is 0.271 e. The third-order valence-electron chi connectivity index (χ3n) is 6.43. The summed E-state index contributed by atoms with van der Waals surface area (Å²) in [5, 5.41) is 0. The number of nitrogens with zero attached hydrogens (tertiary/aromatic N) is 3. The van der Waals surface area contributed by atoms with Crippen LogP contribution in [0, 0.1) is 6.92 Å². The molecule has 3 heterocycles. The van der Waals surface area contributed by atoms with Crippen molar-refractivity contribution in [3.63, 3.8) is 0 Å². The van der Waals surface area contributed by atoms with Gasteiger partial charge in [0.15, 0.2) is 0 Å². The van der Waals surface area contributed by atoms with Gasteiger partial charge in [-0.1, -0.05) is 48.9 Å². The number of rotatable bonds is 5. The second kappa shape index (κ2) is 8.93. The molecule has 3 aromatic rings. The number of likely N-dealkylation sites (tertiary alicyclic amines) is 1. The van der Waals surface area contributed by atoms with Crippen molar-refractivity contribution in [1.82, 2.24) is 14.5 Å². The molecular formula is C26H29N3OS. The summed E-state index contributed by atoms with van der Waals surface area (Å²) in [5.41, 5.74) is 4.75. The van der Waals surface area contributed by atoms with E-state index in [0.29, 0.717) is 6.54 Å². The normalized spacial score (nSPS) is 17.6. The van der Waals surface area contributed by atoms with Crippen LogP contribution in [0.3, 0.4) is 0 Å². The van der Waals surface area contributed by atoms with E-state index in [1.807, 2.05) is 4.57 Å². The minimum absolute atomic E-state index is 0.119. The minimum Gasteiger partial charge on any atom is -0.302 e. The van der Waals surface area contributed by atoms with Gasteiger partial charge in [-0.15, -0.1) is 11.3 Å². The lowest BCUT2D eigenvalue weighted by Crippen LogP contribution is -2.35. The number of aryl methyl sites for hydroxylation is 1. The van der Waals surface area contributed by atoms with Crippen molar-refractivity contribution >= 4 is 32.7 Å². The van der Waals surface area contributed by atoms with Crippen molar-refractivity contribution in [1.29, 1.82) is 0 Å². The first-order valence-electron chi connectivity index (χ1n) is 11.4. The standard InChI is InChI=1S/C26H29N3OS/c1-19-18-23-24(31-19)26(30)29(17-16-28-14-6-3-7-15-28)25(27-23)22-12-10-21(11-13-22)20-8-4-2-5-9-20/h2,4-5,8-10,12,18H,3,6-7,11,13-17H2,1H3. The second-order valence-corrected chi connectivity index (χ2v) is 9.87. The van der Waals surface area contributed by atoms with E-state index in [1.54, 1.807) is 11.3 Å². The van der Waals surface area contributed by atoms with Crippen LogP contribution in [0.15, 0.2) is 53.3 Å². The van der Waals surface area contributed by atoms with Crippen molar-refractivity contribution in [2.24, 2.45) is 0 Å². The summed E-state index contributed by atoms with van der Waals surface area (Å²) in [6.07, 6.45) is 10.1. The Morgan fingerprint density at radius 1 is 0.968 bits per heavy atom. The Labute approximate surface area is 187 Å². The van der Waals surface area contributed by atoms with Crippen LogP contribution in [0.4, 0.5) is 0 Å². The molecule has 5 heteroatoms. The summed E-state index contributed by atoms with van der Waals surface area (Å²) >= 11 is 1.57. The molecule has 160 valence electrons.